The Morgan fingerprint density at radius 3 is 2.80 bits per heavy atom. The van der Waals surface area contributed by atoms with Crippen LogP contribution in [0.15, 0.2) is 35.5 Å². The lowest BCUT2D eigenvalue weighted by Gasteiger charge is -2.23. The van der Waals surface area contributed by atoms with Gasteiger partial charge in [-0.25, -0.2) is 4.79 Å². The molecule has 0 amide bonds. The first-order valence-corrected chi connectivity index (χ1v) is 6.82. The number of isocyanates is 1. The quantitative estimate of drug-likeness (QED) is 0.635. The van der Waals surface area contributed by atoms with Gasteiger partial charge in [0.05, 0.1) is 23.1 Å². The SMILES string of the molecule is Cc1cnn(-c2cccc(C3(N=C=O)CCCC3)c2)n1. The average molecular weight is 268 g/mol. The van der Waals surface area contributed by atoms with E-state index >= 15 is 0 Å². The van der Waals surface area contributed by atoms with Crippen molar-refractivity contribution in [1.29, 1.82) is 0 Å². The minimum absolute atomic E-state index is 0.403. The predicted molar refractivity (Wildman–Crippen MR) is 74.4 cm³/mol. The number of aliphatic imine (C=N–C) groups is 1. The van der Waals surface area contributed by atoms with Crippen LogP contribution in [0, 0.1) is 6.92 Å². The van der Waals surface area contributed by atoms with E-state index in [1.165, 1.54) is 0 Å². The predicted octanol–water partition coefficient (Wildman–Crippen LogP) is 2.68. The van der Waals surface area contributed by atoms with Gasteiger partial charge in [-0.05, 0) is 37.5 Å². The number of carbonyl (C=O) groups excluding carboxylic acids is 1. The van der Waals surface area contributed by atoms with Crippen molar-refractivity contribution in [2.24, 2.45) is 4.99 Å². The Hall–Kier alpha value is -2.26. The molecule has 0 bridgehead atoms. The van der Waals surface area contributed by atoms with E-state index in [0.717, 1.165) is 42.6 Å². The Balaban J connectivity index is 2.04. The molecule has 1 saturated carbocycles. The highest BCUT2D eigenvalue weighted by Crippen LogP contribution is 2.42. The number of nitrogens with zero attached hydrogens (tertiary/aromatic N) is 4. The van der Waals surface area contributed by atoms with Crippen molar-refractivity contribution in [3.8, 4) is 5.69 Å². The maximum atomic E-state index is 10.8. The van der Waals surface area contributed by atoms with Crippen LogP contribution in [0.4, 0.5) is 0 Å². The van der Waals surface area contributed by atoms with Crippen molar-refractivity contribution < 1.29 is 4.79 Å². The van der Waals surface area contributed by atoms with Gasteiger partial charge >= 0.3 is 0 Å². The molecule has 5 heteroatoms. The van der Waals surface area contributed by atoms with Gasteiger partial charge in [-0.15, -0.1) is 0 Å². The Bertz CT molecular complexity index is 664. The van der Waals surface area contributed by atoms with Crippen LogP contribution in [-0.4, -0.2) is 21.1 Å². The van der Waals surface area contributed by atoms with Crippen molar-refractivity contribution >= 4 is 6.08 Å². The molecular weight excluding hydrogens is 252 g/mol. The number of aryl methyl sites for hydroxylation is 1. The third kappa shape index (κ3) is 2.17. The second kappa shape index (κ2) is 5.02. The molecule has 2 aromatic rings. The Morgan fingerprint density at radius 2 is 2.15 bits per heavy atom. The van der Waals surface area contributed by atoms with Crippen LogP contribution < -0.4 is 0 Å². The lowest BCUT2D eigenvalue weighted by atomic mass is 9.89. The minimum Gasteiger partial charge on any atom is -0.211 e. The van der Waals surface area contributed by atoms with E-state index in [9.17, 15) is 4.79 Å². The van der Waals surface area contributed by atoms with Gasteiger partial charge in [0.1, 0.15) is 0 Å². The summed E-state index contributed by atoms with van der Waals surface area (Å²) >= 11 is 0. The summed E-state index contributed by atoms with van der Waals surface area (Å²) in [5, 5.41) is 8.54. The first-order chi connectivity index (χ1) is 9.73. The van der Waals surface area contributed by atoms with Crippen molar-refractivity contribution in [3.63, 3.8) is 0 Å². The highest BCUT2D eigenvalue weighted by molar-refractivity contribution is 5.42. The lowest BCUT2D eigenvalue weighted by molar-refractivity contribution is 0.455. The van der Waals surface area contributed by atoms with Crippen LogP contribution >= 0.6 is 0 Å². The zero-order valence-electron chi connectivity index (χ0n) is 11.4. The Morgan fingerprint density at radius 1 is 1.35 bits per heavy atom. The molecule has 5 nitrogen and oxygen atoms in total. The van der Waals surface area contributed by atoms with Gasteiger partial charge in [0.2, 0.25) is 6.08 Å². The second-order valence-electron chi connectivity index (χ2n) is 5.27. The monoisotopic (exact) mass is 268 g/mol. The van der Waals surface area contributed by atoms with Gasteiger partial charge in [-0.3, -0.25) is 0 Å². The molecule has 0 unspecified atom stereocenters. The van der Waals surface area contributed by atoms with E-state index in [4.69, 9.17) is 0 Å². The number of hydrogen-bond donors (Lipinski definition) is 0. The third-order valence-corrected chi connectivity index (χ3v) is 3.91. The van der Waals surface area contributed by atoms with Gasteiger partial charge < -0.3 is 0 Å². The van der Waals surface area contributed by atoms with Crippen molar-refractivity contribution in [2.75, 3.05) is 0 Å². The van der Waals surface area contributed by atoms with Crippen molar-refractivity contribution in [1.82, 2.24) is 15.0 Å². The average Bonchev–Trinajstić information content (AvgIpc) is 3.09. The highest BCUT2D eigenvalue weighted by atomic mass is 16.1. The zero-order valence-corrected chi connectivity index (χ0v) is 11.4. The summed E-state index contributed by atoms with van der Waals surface area (Å²) in [4.78, 5) is 16.5. The smallest absolute Gasteiger partial charge is 0.211 e. The number of aromatic nitrogens is 3. The molecule has 1 aromatic carbocycles. The van der Waals surface area contributed by atoms with E-state index < -0.39 is 5.54 Å². The van der Waals surface area contributed by atoms with Gasteiger partial charge in [-0.1, -0.05) is 25.0 Å². The lowest BCUT2D eigenvalue weighted by Crippen LogP contribution is -2.19. The number of hydrogen-bond acceptors (Lipinski definition) is 4. The summed E-state index contributed by atoms with van der Waals surface area (Å²) in [7, 11) is 0. The molecule has 0 N–H and O–H groups in total. The first kappa shape index (κ1) is 12.8. The number of benzene rings is 1. The topological polar surface area (TPSA) is 60.1 Å². The van der Waals surface area contributed by atoms with Crippen LogP contribution in [0.3, 0.4) is 0 Å². The van der Waals surface area contributed by atoms with E-state index in [1.54, 1.807) is 17.1 Å². The maximum Gasteiger partial charge on any atom is 0.235 e. The molecule has 102 valence electrons. The molecule has 1 aromatic heterocycles. The van der Waals surface area contributed by atoms with Gasteiger partial charge in [0.25, 0.3) is 0 Å². The third-order valence-electron chi connectivity index (χ3n) is 3.91. The summed E-state index contributed by atoms with van der Waals surface area (Å²) in [6.45, 7) is 1.91. The summed E-state index contributed by atoms with van der Waals surface area (Å²) in [5.74, 6) is 0. The fraction of sp³-hybridized carbons (Fsp3) is 0.400. The van der Waals surface area contributed by atoms with E-state index in [2.05, 4.69) is 15.2 Å². The van der Waals surface area contributed by atoms with E-state index in [0.29, 0.717) is 0 Å². The molecule has 0 aliphatic heterocycles. The molecule has 0 radical (unpaired) electrons. The highest BCUT2D eigenvalue weighted by Gasteiger charge is 2.35. The van der Waals surface area contributed by atoms with Gasteiger partial charge in [0.15, 0.2) is 0 Å². The summed E-state index contributed by atoms with van der Waals surface area (Å²) in [5.41, 5.74) is 2.41. The molecule has 0 atom stereocenters. The summed E-state index contributed by atoms with van der Waals surface area (Å²) in [6, 6.07) is 7.96. The van der Waals surface area contributed by atoms with Crippen LogP contribution in [0.1, 0.15) is 36.9 Å². The number of rotatable bonds is 3. The zero-order chi connectivity index (χ0) is 14.0. The maximum absolute atomic E-state index is 10.8. The van der Waals surface area contributed by atoms with Gasteiger partial charge in [-0.2, -0.15) is 20.0 Å². The summed E-state index contributed by atoms with van der Waals surface area (Å²) < 4.78 is 0. The van der Waals surface area contributed by atoms with Crippen LogP contribution in [0.2, 0.25) is 0 Å². The molecule has 0 spiro atoms. The fourth-order valence-electron chi connectivity index (χ4n) is 2.90. The second-order valence-corrected chi connectivity index (χ2v) is 5.27. The van der Waals surface area contributed by atoms with Crippen LogP contribution in [-0.2, 0) is 10.3 Å². The largest absolute Gasteiger partial charge is 0.235 e. The molecule has 1 heterocycles. The van der Waals surface area contributed by atoms with Crippen molar-refractivity contribution in [2.45, 2.75) is 38.1 Å². The first-order valence-electron chi connectivity index (χ1n) is 6.82. The standard InChI is InChI=1S/C15H16N4O/c1-12-10-17-19(18-12)14-6-4-5-13(9-14)15(16-11-20)7-2-3-8-15/h4-6,9-10H,2-3,7-8H2,1H3. The normalized spacial score (nSPS) is 16.9. The molecule has 1 aliphatic carbocycles. The van der Waals surface area contributed by atoms with Gasteiger partial charge in [0, 0.05) is 0 Å². The van der Waals surface area contributed by atoms with Crippen LogP contribution in [0.25, 0.3) is 5.69 Å². The minimum atomic E-state index is -0.403. The molecule has 20 heavy (non-hydrogen) atoms. The fourth-order valence-corrected chi connectivity index (χ4v) is 2.90. The van der Waals surface area contributed by atoms with Crippen molar-refractivity contribution in [3.05, 3.63) is 41.7 Å². The van der Waals surface area contributed by atoms with E-state index in [1.807, 2.05) is 31.2 Å². The molecule has 0 saturated heterocycles. The molecule has 1 aliphatic rings. The Labute approximate surface area is 117 Å². The molecule has 1 fully saturated rings. The van der Waals surface area contributed by atoms with E-state index in [-0.39, 0.29) is 0 Å². The Kier molecular flexibility index (Phi) is 3.20. The molecule has 3 rings (SSSR count). The summed E-state index contributed by atoms with van der Waals surface area (Å²) in [6.07, 6.45) is 7.46. The van der Waals surface area contributed by atoms with Crippen LogP contribution in [0.5, 0.6) is 0 Å². The molecular formula is C15H16N4O.